The number of methoxy groups -OCH3 is 2. The van der Waals surface area contributed by atoms with Crippen LogP contribution in [0.1, 0.15) is 11.1 Å². The Morgan fingerprint density at radius 2 is 1.92 bits per heavy atom. The van der Waals surface area contributed by atoms with E-state index in [1.807, 2.05) is 13.0 Å². The summed E-state index contributed by atoms with van der Waals surface area (Å²) in [5, 5.41) is 9.06. The Balaban J connectivity index is 3.20. The van der Waals surface area contributed by atoms with Crippen molar-refractivity contribution in [2.45, 2.75) is 13.5 Å². The molecular formula is C10H14O3. The Bertz CT molecular complexity index is 294. The SMILES string of the molecule is COc1cc(C)c(OC)c(CO)c1. The molecule has 3 heteroatoms. The van der Waals surface area contributed by atoms with E-state index < -0.39 is 0 Å². The van der Waals surface area contributed by atoms with Gasteiger partial charge in [0.2, 0.25) is 0 Å². The topological polar surface area (TPSA) is 38.7 Å². The predicted octanol–water partition coefficient (Wildman–Crippen LogP) is 1.50. The van der Waals surface area contributed by atoms with Crippen molar-refractivity contribution in [3.63, 3.8) is 0 Å². The van der Waals surface area contributed by atoms with Crippen LogP contribution in [0, 0.1) is 6.92 Å². The van der Waals surface area contributed by atoms with E-state index in [4.69, 9.17) is 14.6 Å². The molecule has 3 nitrogen and oxygen atoms in total. The average Bonchev–Trinajstić information content (AvgIpc) is 2.16. The molecule has 0 aliphatic carbocycles. The van der Waals surface area contributed by atoms with Crippen LogP contribution in [-0.4, -0.2) is 19.3 Å². The molecule has 0 heterocycles. The Hall–Kier alpha value is -1.22. The highest BCUT2D eigenvalue weighted by molar-refractivity contribution is 5.46. The molecule has 0 saturated heterocycles. The fraction of sp³-hybridized carbons (Fsp3) is 0.400. The van der Waals surface area contributed by atoms with E-state index in [-0.39, 0.29) is 6.61 Å². The van der Waals surface area contributed by atoms with Gasteiger partial charge < -0.3 is 14.6 Å². The van der Waals surface area contributed by atoms with E-state index in [0.29, 0.717) is 0 Å². The number of benzene rings is 1. The van der Waals surface area contributed by atoms with Crippen molar-refractivity contribution in [1.29, 1.82) is 0 Å². The van der Waals surface area contributed by atoms with Gasteiger partial charge in [-0.05, 0) is 24.6 Å². The molecule has 1 aromatic rings. The Labute approximate surface area is 77.9 Å². The molecule has 0 radical (unpaired) electrons. The third-order valence-corrected chi connectivity index (χ3v) is 1.94. The van der Waals surface area contributed by atoms with Crippen molar-refractivity contribution in [3.8, 4) is 11.5 Å². The summed E-state index contributed by atoms with van der Waals surface area (Å²) in [4.78, 5) is 0. The maximum absolute atomic E-state index is 9.06. The minimum atomic E-state index is -0.0405. The number of ether oxygens (including phenoxy) is 2. The molecule has 0 atom stereocenters. The maximum atomic E-state index is 9.06. The smallest absolute Gasteiger partial charge is 0.127 e. The van der Waals surface area contributed by atoms with Crippen LogP contribution in [-0.2, 0) is 6.61 Å². The number of aryl methyl sites for hydroxylation is 1. The van der Waals surface area contributed by atoms with Crippen molar-refractivity contribution >= 4 is 0 Å². The minimum absolute atomic E-state index is 0.0405. The normalized spacial score (nSPS) is 9.85. The lowest BCUT2D eigenvalue weighted by Gasteiger charge is -2.11. The molecule has 0 aromatic heterocycles. The van der Waals surface area contributed by atoms with E-state index in [1.54, 1.807) is 20.3 Å². The molecule has 13 heavy (non-hydrogen) atoms. The summed E-state index contributed by atoms with van der Waals surface area (Å²) < 4.78 is 10.2. The van der Waals surface area contributed by atoms with Crippen LogP contribution in [0.3, 0.4) is 0 Å². The van der Waals surface area contributed by atoms with E-state index in [2.05, 4.69) is 0 Å². The van der Waals surface area contributed by atoms with Gasteiger partial charge in [-0.3, -0.25) is 0 Å². The van der Waals surface area contributed by atoms with Crippen LogP contribution in [0.15, 0.2) is 12.1 Å². The first-order valence-corrected chi connectivity index (χ1v) is 4.05. The van der Waals surface area contributed by atoms with Gasteiger partial charge in [-0.15, -0.1) is 0 Å². The summed E-state index contributed by atoms with van der Waals surface area (Å²) in [5.74, 6) is 1.46. The zero-order valence-electron chi connectivity index (χ0n) is 8.13. The average molecular weight is 182 g/mol. The lowest BCUT2D eigenvalue weighted by Crippen LogP contribution is -1.96. The summed E-state index contributed by atoms with van der Waals surface area (Å²) in [6, 6.07) is 3.64. The van der Waals surface area contributed by atoms with Gasteiger partial charge in [0.15, 0.2) is 0 Å². The third-order valence-electron chi connectivity index (χ3n) is 1.94. The second-order valence-corrected chi connectivity index (χ2v) is 2.79. The number of aliphatic hydroxyl groups is 1. The monoisotopic (exact) mass is 182 g/mol. The second-order valence-electron chi connectivity index (χ2n) is 2.79. The largest absolute Gasteiger partial charge is 0.497 e. The number of hydrogen-bond acceptors (Lipinski definition) is 3. The summed E-state index contributed by atoms with van der Waals surface area (Å²) >= 11 is 0. The fourth-order valence-corrected chi connectivity index (χ4v) is 1.34. The van der Waals surface area contributed by atoms with Gasteiger partial charge in [-0.2, -0.15) is 0 Å². The molecule has 0 bridgehead atoms. The van der Waals surface area contributed by atoms with Crippen molar-refractivity contribution < 1.29 is 14.6 Å². The van der Waals surface area contributed by atoms with E-state index in [9.17, 15) is 0 Å². The van der Waals surface area contributed by atoms with Crippen LogP contribution < -0.4 is 9.47 Å². The molecule has 0 aliphatic heterocycles. The Morgan fingerprint density at radius 1 is 1.23 bits per heavy atom. The van der Waals surface area contributed by atoms with Gasteiger partial charge >= 0.3 is 0 Å². The first kappa shape index (κ1) is 9.86. The first-order valence-electron chi connectivity index (χ1n) is 4.05. The van der Waals surface area contributed by atoms with Crippen molar-refractivity contribution in [2.24, 2.45) is 0 Å². The molecule has 0 amide bonds. The molecule has 0 spiro atoms. The summed E-state index contributed by atoms with van der Waals surface area (Å²) in [6.45, 7) is 1.88. The van der Waals surface area contributed by atoms with Gasteiger partial charge in [-0.25, -0.2) is 0 Å². The third kappa shape index (κ3) is 1.92. The molecule has 72 valence electrons. The quantitative estimate of drug-likeness (QED) is 0.770. The van der Waals surface area contributed by atoms with E-state index >= 15 is 0 Å². The van der Waals surface area contributed by atoms with Crippen LogP contribution >= 0.6 is 0 Å². The van der Waals surface area contributed by atoms with Gasteiger partial charge in [0.1, 0.15) is 11.5 Å². The fourth-order valence-electron chi connectivity index (χ4n) is 1.34. The van der Waals surface area contributed by atoms with Gasteiger partial charge in [0.25, 0.3) is 0 Å². The highest BCUT2D eigenvalue weighted by atomic mass is 16.5. The molecule has 0 fully saturated rings. The summed E-state index contributed by atoms with van der Waals surface area (Å²) in [5.41, 5.74) is 1.71. The first-order chi connectivity index (χ1) is 6.22. The summed E-state index contributed by atoms with van der Waals surface area (Å²) in [7, 11) is 3.19. The van der Waals surface area contributed by atoms with Crippen LogP contribution in [0.2, 0.25) is 0 Å². The minimum Gasteiger partial charge on any atom is -0.497 e. The molecule has 0 unspecified atom stereocenters. The molecule has 1 rings (SSSR count). The van der Waals surface area contributed by atoms with Crippen LogP contribution in [0.4, 0.5) is 0 Å². The van der Waals surface area contributed by atoms with Crippen molar-refractivity contribution in [3.05, 3.63) is 23.3 Å². The molecule has 1 N–H and O–H groups in total. The zero-order chi connectivity index (χ0) is 9.84. The Morgan fingerprint density at radius 3 is 2.38 bits per heavy atom. The lowest BCUT2D eigenvalue weighted by molar-refractivity contribution is 0.272. The van der Waals surface area contributed by atoms with Crippen LogP contribution in [0.5, 0.6) is 11.5 Å². The Kier molecular flexibility index (Phi) is 3.14. The molecule has 0 aliphatic rings. The highest BCUT2D eigenvalue weighted by Gasteiger charge is 2.07. The van der Waals surface area contributed by atoms with Crippen LogP contribution in [0.25, 0.3) is 0 Å². The molecular weight excluding hydrogens is 168 g/mol. The van der Waals surface area contributed by atoms with E-state index in [0.717, 1.165) is 22.6 Å². The molecule has 0 saturated carbocycles. The standard InChI is InChI=1S/C10H14O3/c1-7-4-9(12-2)5-8(6-11)10(7)13-3/h4-5,11H,6H2,1-3H3. The van der Waals surface area contributed by atoms with E-state index in [1.165, 1.54) is 0 Å². The molecule has 1 aromatic carbocycles. The number of rotatable bonds is 3. The van der Waals surface area contributed by atoms with Gasteiger partial charge in [0, 0.05) is 5.56 Å². The maximum Gasteiger partial charge on any atom is 0.127 e. The van der Waals surface area contributed by atoms with Crippen molar-refractivity contribution in [2.75, 3.05) is 14.2 Å². The lowest BCUT2D eigenvalue weighted by atomic mass is 10.1. The predicted molar refractivity (Wildman–Crippen MR) is 50.2 cm³/mol. The van der Waals surface area contributed by atoms with Gasteiger partial charge in [-0.1, -0.05) is 0 Å². The van der Waals surface area contributed by atoms with Crippen molar-refractivity contribution in [1.82, 2.24) is 0 Å². The highest BCUT2D eigenvalue weighted by Crippen LogP contribution is 2.28. The number of hydrogen-bond donors (Lipinski definition) is 1. The number of aliphatic hydroxyl groups excluding tert-OH is 1. The van der Waals surface area contributed by atoms with Gasteiger partial charge in [0.05, 0.1) is 20.8 Å². The zero-order valence-corrected chi connectivity index (χ0v) is 8.13. The second kappa shape index (κ2) is 4.14. The summed E-state index contributed by atoms with van der Waals surface area (Å²) in [6.07, 6.45) is 0.